The molecule has 0 aliphatic rings. The first-order valence-electron chi connectivity index (χ1n) is 7.09. The number of benzene rings is 2. The van der Waals surface area contributed by atoms with Crippen LogP contribution >= 0.6 is 0 Å². The van der Waals surface area contributed by atoms with Gasteiger partial charge in [0.2, 0.25) is 5.91 Å². The molecule has 23 heavy (non-hydrogen) atoms. The molecule has 114 valence electrons. The maximum absolute atomic E-state index is 12.2. The van der Waals surface area contributed by atoms with Crippen molar-refractivity contribution in [2.24, 2.45) is 0 Å². The minimum atomic E-state index is -1.06. The molecule has 1 amide bonds. The zero-order valence-electron chi connectivity index (χ0n) is 12.2. The second kappa shape index (κ2) is 6.27. The quantitative estimate of drug-likeness (QED) is 0.776. The van der Waals surface area contributed by atoms with Crippen molar-refractivity contribution in [1.29, 1.82) is 0 Å². The molecule has 3 rings (SSSR count). The highest BCUT2D eigenvalue weighted by Gasteiger charge is 2.09. The van der Waals surface area contributed by atoms with Crippen molar-refractivity contribution >= 4 is 28.5 Å². The molecule has 5 nitrogen and oxygen atoms in total. The fraction of sp³-hybridized carbons (Fsp3) is 0.0556. The molecule has 2 aromatic carbocycles. The third kappa shape index (κ3) is 3.35. The summed E-state index contributed by atoms with van der Waals surface area (Å²) in [5, 5.41) is 13.7. The molecule has 0 unspecified atom stereocenters. The van der Waals surface area contributed by atoms with Crippen molar-refractivity contribution < 1.29 is 14.7 Å². The fourth-order valence-corrected chi connectivity index (χ4v) is 2.44. The number of aromatic nitrogens is 1. The van der Waals surface area contributed by atoms with Gasteiger partial charge in [-0.25, -0.2) is 9.78 Å². The predicted octanol–water partition coefficient (Wildman–Crippen LogP) is 3.11. The van der Waals surface area contributed by atoms with Gasteiger partial charge < -0.3 is 10.4 Å². The minimum Gasteiger partial charge on any atom is -0.478 e. The number of nitrogens with zero attached hydrogens (tertiary/aromatic N) is 1. The second-order valence-corrected chi connectivity index (χ2v) is 5.10. The van der Waals surface area contributed by atoms with Crippen LogP contribution in [0.2, 0.25) is 0 Å². The Morgan fingerprint density at radius 1 is 1.04 bits per heavy atom. The Morgan fingerprint density at radius 3 is 2.65 bits per heavy atom. The summed E-state index contributed by atoms with van der Waals surface area (Å²) < 4.78 is 0. The van der Waals surface area contributed by atoms with E-state index >= 15 is 0 Å². The van der Waals surface area contributed by atoms with Crippen LogP contribution in [0.3, 0.4) is 0 Å². The van der Waals surface area contributed by atoms with Crippen molar-refractivity contribution in [3.63, 3.8) is 0 Å². The third-order valence-electron chi connectivity index (χ3n) is 3.51. The van der Waals surface area contributed by atoms with Crippen LogP contribution < -0.4 is 5.32 Å². The van der Waals surface area contributed by atoms with E-state index in [0.29, 0.717) is 0 Å². The first kappa shape index (κ1) is 14.7. The summed E-state index contributed by atoms with van der Waals surface area (Å²) in [7, 11) is 0. The average molecular weight is 306 g/mol. The Morgan fingerprint density at radius 2 is 1.83 bits per heavy atom. The number of fused-ring (bicyclic) bond motifs is 1. The zero-order chi connectivity index (χ0) is 16.2. The fourth-order valence-electron chi connectivity index (χ4n) is 2.44. The van der Waals surface area contributed by atoms with E-state index in [1.165, 1.54) is 18.3 Å². The Balaban J connectivity index is 1.79. The van der Waals surface area contributed by atoms with Gasteiger partial charge in [0.05, 0.1) is 12.0 Å². The van der Waals surface area contributed by atoms with E-state index in [0.717, 1.165) is 16.3 Å². The average Bonchev–Trinajstić information content (AvgIpc) is 2.55. The first-order valence-corrected chi connectivity index (χ1v) is 7.09. The minimum absolute atomic E-state index is 0.0838. The van der Waals surface area contributed by atoms with Crippen LogP contribution in [-0.2, 0) is 11.2 Å². The van der Waals surface area contributed by atoms with Crippen LogP contribution in [0.5, 0.6) is 0 Å². The van der Waals surface area contributed by atoms with Crippen LogP contribution in [0.15, 0.2) is 60.8 Å². The molecule has 0 fully saturated rings. The number of hydrogen-bond donors (Lipinski definition) is 2. The lowest BCUT2D eigenvalue weighted by Crippen LogP contribution is -2.16. The summed E-state index contributed by atoms with van der Waals surface area (Å²) in [5.41, 5.74) is 0.996. The Kier molecular flexibility index (Phi) is 4.01. The molecule has 0 saturated heterocycles. The summed E-state index contributed by atoms with van der Waals surface area (Å²) in [6.45, 7) is 0. The van der Waals surface area contributed by atoms with Gasteiger partial charge in [-0.1, -0.05) is 42.5 Å². The molecule has 0 aliphatic carbocycles. The molecular weight excluding hydrogens is 292 g/mol. The smallest absolute Gasteiger partial charge is 0.335 e. The lowest BCUT2D eigenvalue weighted by Gasteiger charge is -2.08. The van der Waals surface area contributed by atoms with Gasteiger partial charge in [-0.3, -0.25) is 4.79 Å². The van der Waals surface area contributed by atoms with Crippen LogP contribution in [0.25, 0.3) is 10.8 Å². The molecular formula is C18H14N2O3. The SMILES string of the molecule is O=C(Cc1cccc2ccccc12)Nc1cc(C(=O)O)ccn1. The van der Waals surface area contributed by atoms with Gasteiger partial charge in [0.15, 0.2) is 0 Å². The van der Waals surface area contributed by atoms with E-state index in [1.807, 2.05) is 42.5 Å². The van der Waals surface area contributed by atoms with Crippen LogP contribution in [0.1, 0.15) is 15.9 Å². The Hall–Kier alpha value is -3.21. The molecule has 0 radical (unpaired) electrons. The molecule has 0 bridgehead atoms. The van der Waals surface area contributed by atoms with Gasteiger partial charge in [-0.2, -0.15) is 0 Å². The molecule has 0 saturated carbocycles. The number of amides is 1. The number of hydrogen-bond acceptors (Lipinski definition) is 3. The predicted molar refractivity (Wildman–Crippen MR) is 87.5 cm³/mol. The maximum atomic E-state index is 12.2. The number of carboxylic acid groups (broad SMARTS) is 1. The number of carbonyl (C=O) groups excluding carboxylic acids is 1. The van der Waals surface area contributed by atoms with Crippen molar-refractivity contribution in [2.75, 3.05) is 5.32 Å². The lowest BCUT2D eigenvalue weighted by molar-refractivity contribution is -0.115. The van der Waals surface area contributed by atoms with Gasteiger partial charge in [-0.05, 0) is 28.5 Å². The lowest BCUT2D eigenvalue weighted by atomic mass is 10.0. The largest absolute Gasteiger partial charge is 0.478 e. The van der Waals surface area contributed by atoms with Crippen molar-refractivity contribution in [1.82, 2.24) is 4.98 Å². The van der Waals surface area contributed by atoms with E-state index in [4.69, 9.17) is 5.11 Å². The highest BCUT2D eigenvalue weighted by Crippen LogP contribution is 2.19. The Labute approximate surface area is 132 Å². The molecule has 0 aliphatic heterocycles. The number of rotatable bonds is 4. The number of anilines is 1. The number of carbonyl (C=O) groups is 2. The highest BCUT2D eigenvalue weighted by molar-refractivity contribution is 5.96. The van der Waals surface area contributed by atoms with Gasteiger partial charge in [-0.15, -0.1) is 0 Å². The standard InChI is InChI=1S/C18H14N2O3/c21-17(20-16-10-14(18(22)23)8-9-19-16)11-13-6-3-5-12-4-1-2-7-15(12)13/h1-10H,11H2,(H,22,23)(H,19,20,21). The van der Waals surface area contributed by atoms with Crippen LogP contribution in [0, 0.1) is 0 Å². The molecule has 1 heterocycles. The van der Waals surface area contributed by atoms with Crippen LogP contribution in [0.4, 0.5) is 5.82 Å². The van der Waals surface area contributed by atoms with Crippen LogP contribution in [-0.4, -0.2) is 22.0 Å². The number of nitrogens with one attached hydrogen (secondary N) is 1. The molecule has 0 atom stereocenters. The van der Waals surface area contributed by atoms with E-state index in [2.05, 4.69) is 10.3 Å². The van der Waals surface area contributed by atoms with Gasteiger partial charge in [0.25, 0.3) is 0 Å². The topological polar surface area (TPSA) is 79.3 Å². The number of aromatic carboxylic acids is 1. The summed E-state index contributed by atoms with van der Waals surface area (Å²) in [5.74, 6) is -1.07. The molecule has 1 aromatic heterocycles. The molecule has 0 spiro atoms. The molecule has 5 heteroatoms. The van der Waals surface area contributed by atoms with Crippen molar-refractivity contribution in [3.8, 4) is 0 Å². The number of carboxylic acids is 1. The maximum Gasteiger partial charge on any atom is 0.335 e. The third-order valence-corrected chi connectivity index (χ3v) is 3.51. The van der Waals surface area contributed by atoms with Gasteiger partial charge in [0, 0.05) is 6.20 Å². The van der Waals surface area contributed by atoms with E-state index < -0.39 is 5.97 Å². The van der Waals surface area contributed by atoms with E-state index in [1.54, 1.807) is 0 Å². The first-order chi connectivity index (χ1) is 11.1. The van der Waals surface area contributed by atoms with E-state index in [-0.39, 0.29) is 23.7 Å². The highest BCUT2D eigenvalue weighted by atomic mass is 16.4. The summed E-state index contributed by atoms with van der Waals surface area (Å²) in [6, 6.07) is 16.4. The van der Waals surface area contributed by atoms with Gasteiger partial charge >= 0.3 is 5.97 Å². The molecule has 2 N–H and O–H groups in total. The Bertz CT molecular complexity index is 885. The normalized spacial score (nSPS) is 10.4. The van der Waals surface area contributed by atoms with Crippen molar-refractivity contribution in [3.05, 3.63) is 71.9 Å². The summed E-state index contributed by atoms with van der Waals surface area (Å²) in [6.07, 6.45) is 1.55. The molecule has 3 aromatic rings. The van der Waals surface area contributed by atoms with Gasteiger partial charge in [0.1, 0.15) is 5.82 Å². The van der Waals surface area contributed by atoms with Crippen molar-refractivity contribution in [2.45, 2.75) is 6.42 Å². The second-order valence-electron chi connectivity index (χ2n) is 5.10. The van der Waals surface area contributed by atoms with E-state index in [9.17, 15) is 9.59 Å². The summed E-state index contributed by atoms with van der Waals surface area (Å²) in [4.78, 5) is 27.1. The number of pyridine rings is 1. The zero-order valence-corrected chi connectivity index (χ0v) is 12.2. The monoisotopic (exact) mass is 306 g/mol. The summed E-state index contributed by atoms with van der Waals surface area (Å²) >= 11 is 0.